The average Bonchev–Trinajstić information content (AvgIpc) is 3.71. The summed E-state index contributed by atoms with van der Waals surface area (Å²) in [5, 5.41) is 4.84. The molecule has 0 unspecified atom stereocenters. The third-order valence-electron chi connectivity index (χ3n) is 9.80. The molecule has 0 aliphatic rings. The molecule has 0 aliphatic carbocycles. The van der Waals surface area contributed by atoms with Crippen LogP contribution in [0.5, 0.6) is 0 Å². The summed E-state index contributed by atoms with van der Waals surface area (Å²) in [6, 6.07) is 61.8. The third-order valence-corrected chi connectivity index (χ3v) is 9.80. The summed E-state index contributed by atoms with van der Waals surface area (Å²) >= 11 is 0. The summed E-state index contributed by atoms with van der Waals surface area (Å²) in [6.07, 6.45) is 0.513. The lowest BCUT2D eigenvalue weighted by molar-refractivity contribution is 0.926. The first-order chi connectivity index (χ1) is 25.3. The summed E-state index contributed by atoms with van der Waals surface area (Å²) in [6.45, 7) is 0. The molecule has 0 fully saturated rings. The zero-order chi connectivity index (χ0) is 33.7. The zero-order valence-electron chi connectivity index (χ0n) is 27.7. The van der Waals surface area contributed by atoms with Gasteiger partial charge in [-0.25, -0.2) is 15.0 Å². The van der Waals surface area contributed by atoms with E-state index in [0.29, 0.717) is 18.1 Å². The molecule has 3 aromatic heterocycles. The fraction of sp³-hybridized carbons (Fsp3) is 0.0217. The highest BCUT2D eigenvalue weighted by Gasteiger charge is 2.21. The molecule has 0 N–H and O–H groups in total. The second-order valence-corrected chi connectivity index (χ2v) is 12.9. The molecule has 5 heteroatoms. The van der Waals surface area contributed by atoms with Gasteiger partial charge in [0.1, 0.15) is 5.82 Å². The molecule has 0 bridgehead atoms. The lowest BCUT2D eigenvalue weighted by Crippen LogP contribution is -2.07. The minimum atomic E-state index is 0.513. The van der Waals surface area contributed by atoms with Crippen molar-refractivity contribution >= 4 is 43.6 Å². The van der Waals surface area contributed by atoms with Gasteiger partial charge in [-0.1, -0.05) is 133 Å². The summed E-state index contributed by atoms with van der Waals surface area (Å²) in [5.41, 5.74) is 9.92. The number of benzene rings is 7. The van der Waals surface area contributed by atoms with Gasteiger partial charge in [0.05, 0.1) is 27.8 Å². The number of hydrogen-bond donors (Lipinski definition) is 0. The first-order valence-corrected chi connectivity index (χ1v) is 17.3. The maximum absolute atomic E-state index is 5.13. The zero-order valence-corrected chi connectivity index (χ0v) is 27.7. The smallest absolute Gasteiger partial charge is 0.163 e. The molecule has 5 nitrogen and oxygen atoms in total. The van der Waals surface area contributed by atoms with Crippen molar-refractivity contribution in [1.82, 2.24) is 24.1 Å². The average molecular weight is 654 g/mol. The highest BCUT2D eigenvalue weighted by molar-refractivity contribution is 6.12. The molecule has 240 valence electrons. The number of aromatic nitrogens is 5. The first kappa shape index (κ1) is 29.1. The molecule has 3 heterocycles. The molecule has 0 aliphatic heterocycles. The molecule has 7 aromatic carbocycles. The molecular weight excluding hydrogens is 623 g/mol. The number of nitrogens with zero attached hydrogens (tertiary/aromatic N) is 5. The van der Waals surface area contributed by atoms with Crippen LogP contribution in [0.2, 0.25) is 0 Å². The van der Waals surface area contributed by atoms with Crippen LogP contribution in [0.4, 0.5) is 0 Å². The number of fused-ring (bicyclic) bond motifs is 6. The molecule has 0 saturated heterocycles. The molecule has 0 amide bonds. The Morgan fingerprint density at radius 2 is 0.824 bits per heavy atom. The van der Waals surface area contributed by atoms with Gasteiger partial charge in [0.15, 0.2) is 11.6 Å². The van der Waals surface area contributed by atoms with Crippen molar-refractivity contribution in [1.29, 1.82) is 0 Å². The molecule has 0 radical (unpaired) electrons. The lowest BCUT2D eigenvalue weighted by Gasteiger charge is -2.16. The Bertz CT molecular complexity index is 2760. The molecule has 0 spiro atoms. The van der Waals surface area contributed by atoms with Crippen LogP contribution in [0.15, 0.2) is 176 Å². The summed E-state index contributed by atoms with van der Waals surface area (Å²) in [4.78, 5) is 15.2. The minimum absolute atomic E-state index is 0.513. The van der Waals surface area contributed by atoms with Gasteiger partial charge < -0.3 is 9.13 Å². The fourth-order valence-electron chi connectivity index (χ4n) is 7.54. The van der Waals surface area contributed by atoms with E-state index >= 15 is 0 Å². The minimum Gasteiger partial charge on any atom is -0.309 e. The third kappa shape index (κ3) is 4.90. The van der Waals surface area contributed by atoms with Crippen LogP contribution in [0.3, 0.4) is 0 Å². The molecule has 51 heavy (non-hydrogen) atoms. The van der Waals surface area contributed by atoms with Crippen LogP contribution in [0.25, 0.3) is 77.8 Å². The van der Waals surface area contributed by atoms with E-state index in [-0.39, 0.29) is 0 Å². The van der Waals surface area contributed by atoms with E-state index in [2.05, 4.69) is 149 Å². The van der Waals surface area contributed by atoms with Crippen LogP contribution < -0.4 is 0 Å². The van der Waals surface area contributed by atoms with Crippen LogP contribution in [-0.2, 0) is 6.42 Å². The van der Waals surface area contributed by atoms with E-state index < -0.39 is 0 Å². The van der Waals surface area contributed by atoms with Crippen molar-refractivity contribution < 1.29 is 0 Å². The number of para-hydroxylation sites is 4. The molecule has 0 saturated carbocycles. The Hall–Kier alpha value is -6.85. The van der Waals surface area contributed by atoms with Gasteiger partial charge in [0, 0.05) is 44.8 Å². The Kier molecular flexibility index (Phi) is 6.81. The SMILES string of the molecule is c1ccc(-c2nc(Cc3cc4c5ccccc5n(-c5ccccc5)c4cc3-n3c4ccccc4c4ccccc43)nc(-c3ccccc3)n2)cc1. The van der Waals surface area contributed by atoms with Gasteiger partial charge in [-0.3, -0.25) is 0 Å². The highest BCUT2D eigenvalue weighted by atomic mass is 15.0. The van der Waals surface area contributed by atoms with Crippen LogP contribution >= 0.6 is 0 Å². The maximum Gasteiger partial charge on any atom is 0.163 e. The van der Waals surface area contributed by atoms with Gasteiger partial charge >= 0.3 is 0 Å². The van der Waals surface area contributed by atoms with Gasteiger partial charge in [-0.2, -0.15) is 0 Å². The van der Waals surface area contributed by atoms with Crippen LogP contribution in [0.1, 0.15) is 11.4 Å². The standard InChI is InChI=1S/C46H31N5/c1-4-16-31(17-5-1)45-47-44(48-46(49-45)32-18-6-2-7-19-32)29-33-28-38-37-24-12-13-25-39(37)50(34-20-8-3-9-21-34)43(38)30-42(33)51-40-26-14-10-22-35(40)36-23-11-15-27-41(36)51/h1-28,30H,29H2. The van der Waals surface area contributed by atoms with E-state index in [1.165, 1.54) is 27.1 Å². The number of rotatable bonds is 6. The Balaban J connectivity index is 1.28. The predicted octanol–water partition coefficient (Wildman–Crippen LogP) is 11.0. The molecular formula is C46H31N5. The summed E-state index contributed by atoms with van der Waals surface area (Å²) in [7, 11) is 0. The summed E-state index contributed by atoms with van der Waals surface area (Å²) < 4.78 is 4.81. The van der Waals surface area contributed by atoms with Gasteiger partial charge in [0.2, 0.25) is 0 Å². The normalized spacial score (nSPS) is 11.6. The molecule has 10 rings (SSSR count). The van der Waals surface area contributed by atoms with E-state index in [0.717, 1.165) is 50.4 Å². The van der Waals surface area contributed by atoms with E-state index in [4.69, 9.17) is 15.0 Å². The van der Waals surface area contributed by atoms with Crippen molar-refractivity contribution in [3.63, 3.8) is 0 Å². The van der Waals surface area contributed by atoms with Crippen LogP contribution in [0, 0.1) is 0 Å². The van der Waals surface area contributed by atoms with Crippen LogP contribution in [-0.4, -0.2) is 24.1 Å². The van der Waals surface area contributed by atoms with E-state index in [1.807, 2.05) is 36.4 Å². The molecule has 10 aromatic rings. The van der Waals surface area contributed by atoms with Crippen molar-refractivity contribution in [2.24, 2.45) is 0 Å². The van der Waals surface area contributed by atoms with Crippen molar-refractivity contribution in [3.05, 3.63) is 187 Å². The second-order valence-electron chi connectivity index (χ2n) is 12.9. The van der Waals surface area contributed by atoms with E-state index in [9.17, 15) is 0 Å². The number of hydrogen-bond acceptors (Lipinski definition) is 3. The second kappa shape index (κ2) is 11.9. The van der Waals surface area contributed by atoms with Crippen molar-refractivity contribution in [2.75, 3.05) is 0 Å². The fourth-order valence-corrected chi connectivity index (χ4v) is 7.54. The largest absolute Gasteiger partial charge is 0.309 e. The first-order valence-electron chi connectivity index (χ1n) is 17.3. The van der Waals surface area contributed by atoms with Gasteiger partial charge in [0.25, 0.3) is 0 Å². The Morgan fingerprint density at radius 3 is 1.37 bits per heavy atom. The highest BCUT2D eigenvalue weighted by Crippen LogP contribution is 2.39. The van der Waals surface area contributed by atoms with E-state index in [1.54, 1.807) is 0 Å². The predicted molar refractivity (Wildman–Crippen MR) is 209 cm³/mol. The lowest BCUT2D eigenvalue weighted by atomic mass is 10.0. The van der Waals surface area contributed by atoms with Crippen molar-refractivity contribution in [3.8, 4) is 34.2 Å². The molecule has 0 atom stereocenters. The quantitative estimate of drug-likeness (QED) is 0.179. The van der Waals surface area contributed by atoms with Gasteiger partial charge in [-0.05, 0) is 48.0 Å². The van der Waals surface area contributed by atoms with Crippen molar-refractivity contribution in [2.45, 2.75) is 6.42 Å². The monoisotopic (exact) mass is 653 g/mol. The summed E-state index contributed by atoms with van der Waals surface area (Å²) in [5.74, 6) is 2.05. The Labute approximate surface area is 294 Å². The maximum atomic E-state index is 5.13. The Morgan fingerprint density at radius 1 is 0.373 bits per heavy atom. The topological polar surface area (TPSA) is 48.5 Å². The van der Waals surface area contributed by atoms with Gasteiger partial charge in [-0.15, -0.1) is 0 Å².